The van der Waals surface area contributed by atoms with E-state index in [4.69, 9.17) is 9.84 Å². The van der Waals surface area contributed by atoms with Crippen LogP contribution in [0.1, 0.15) is 59.9 Å². The minimum Gasteiger partial charge on any atom is -0.461 e. The predicted molar refractivity (Wildman–Crippen MR) is 133 cm³/mol. The Labute approximate surface area is 196 Å². The van der Waals surface area contributed by atoms with E-state index in [0.717, 1.165) is 57.8 Å². The molecule has 2 unspecified atom stereocenters. The molecule has 32 heavy (non-hydrogen) atoms. The third-order valence-corrected chi connectivity index (χ3v) is 6.42. The van der Waals surface area contributed by atoms with Gasteiger partial charge in [-0.15, -0.1) is 0 Å². The monoisotopic (exact) mass is 449 g/mol. The van der Waals surface area contributed by atoms with Gasteiger partial charge in [0, 0.05) is 50.8 Å². The lowest BCUT2D eigenvalue weighted by Crippen LogP contribution is -2.58. The van der Waals surface area contributed by atoms with E-state index < -0.39 is 0 Å². The molecule has 2 rings (SSSR count). The Kier molecular flexibility index (Phi) is 13.7. The fourth-order valence-electron chi connectivity index (χ4n) is 4.55. The Morgan fingerprint density at radius 2 is 1.75 bits per heavy atom. The van der Waals surface area contributed by atoms with Gasteiger partial charge in [-0.1, -0.05) is 51.1 Å². The van der Waals surface area contributed by atoms with Crippen molar-refractivity contribution in [3.05, 3.63) is 35.9 Å². The maximum atomic E-state index is 12.2. The number of likely N-dealkylation sites (N-methyl/N-ethyl adjacent to an activating group) is 2. The Hall–Kier alpha value is -1.47. The van der Waals surface area contributed by atoms with Gasteiger partial charge in [-0.05, 0) is 52.4 Å². The minimum absolute atomic E-state index is 0.0998. The molecule has 1 saturated heterocycles. The number of benzene rings is 1. The van der Waals surface area contributed by atoms with Crippen LogP contribution in [0.4, 0.5) is 0 Å². The van der Waals surface area contributed by atoms with E-state index in [1.807, 2.05) is 30.3 Å². The summed E-state index contributed by atoms with van der Waals surface area (Å²) in [7, 11) is 0. The molecule has 6 nitrogen and oxygen atoms in total. The smallest absolute Gasteiger partial charge is 0.306 e. The molecule has 6 heteroatoms. The van der Waals surface area contributed by atoms with Crippen LogP contribution in [0.25, 0.3) is 0 Å². The average Bonchev–Trinajstić information content (AvgIpc) is 2.97. The van der Waals surface area contributed by atoms with Crippen molar-refractivity contribution >= 4 is 5.97 Å². The summed E-state index contributed by atoms with van der Waals surface area (Å²) in [6.07, 6.45) is 1.32. The van der Waals surface area contributed by atoms with Crippen LogP contribution < -0.4 is 0 Å². The van der Waals surface area contributed by atoms with Gasteiger partial charge in [0.2, 0.25) is 0 Å². The normalized spacial score (nSPS) is 20.9. The number of rotatable bonds is 10. The van der Waals surface area contributed by atoms with Crippen molar-refractivity contribution in [2.75, 3.05) is 52.4 Å². The van der Waals surface area contributed by atoms with Crippen LogP contribution in [0.15, 0.2) is 30.3 Å². The van der Waals surface area contributed by atoms with Gasteiger partial charge < -0.3 is 14.7 Å². The second-order valence-corrected chi connectivity index (χ2v) is 8.86. The maximum absolute atomic E-state index is 12.2. The van der Waals surface area contributed by atoms with Crippen molar-refractivity contribution in [2.24, 2.45) is 0 Å². The Morgan fingerprint density at radius 1 is 1.12 bits per heavy atom. The van der Waals surface area contributed by atoms with Gasteiger partial charge in [-0.2, -0.15) is 0 Å². The first-order valence-electron chi connectivity index (χ1n) is 12.3. The summed E-state index contributed by atoms with van der Waals surface area (Å²) < 4.78 is 5.47. The van der Waals surface area contributed by atoms with Crippen molar-refractivity contribution in [1.29, 1.82) is 0 Å². The first kappa shape index (κ1) is 28.6. The second kappa shape index (κ2) is 15.4. The van der Waals surface area contributed by atoms with Crippen LogP contribution in [0.5, 0.6) is 0 Å². The summed E-state index contributed by atoms with van der Waals surface area (Å²) in [5.74, 6) is -0.0998. The third kappa shape index (κ3) is 9.57. The van der Waals surface area contributed by atoms with Crippen LogP contribution in [-0.2, 0) is 16.1 Å². The summed E-state index contributed by atoms with van der Waals surface area (Å²) >= 11 is 0. The lowest BCUT2D eigenvalue weighted by atomic mass is 9.97. The van der Waals surface area contributed by atoms with E-state index in [-0.39, 0.29) is 18.1 Å². The van der Waals surface area contributed by atoms with Crippen LogP contribution >= 0.6 is 0 Å². The molecule has 0 bridgehead atoms. The molecule has 1 N–H and O–H groups in total. The molecule has 1 fully saturated rings. The van der Waals surface area contributed by atoms with Crippen molar-refractivity contribution in [3.8, 4) is 0 Å². The summed E-state index contributed by atoms with van der Waals surface area (Å²) in [5.41, 5.74) is 1.18. The molecular weight excluding hydrogens is 402 g/mol. The molecule has 1 aromatic rings. The molecule has 2 atom stereocenters. The fourth-order valence-corrected chi connectivity index (χ4v) is 4.55. The molecule has 1 aromatic carbocycles. The number of hydrogen-bond acceptors (Lipinski definition) is 6. The molecule has 0 aliphatic carbocycles. The predicted octanol–water partition coefficient (Wildman–Crippen LogP) is 3.64. The van der Waals surface area contributed by atoms with E-state index in [1.165, 1.54) is 0 Å². The minimum atomic E-state index is -0.0998. The zero-order valence-corrected chi connectivity index (χ0v) is 21.3. The number of ether oxygens (including phenoxy) is 1. The van der Waals surface area contributed by atoms with Crippen molar-refractivity contribution in [2.45, 2.75) is 72.6 Å². The van der Waals surface area contributed by atoms with Gasteiger partial charge in [0.15, 0.2) is 0 Å². The van der Waals surface area contributed by atoms with Crippen LogP contribution in [-0.4, -0.2) is 89.8 Å². The largest absolute Gasteiger partial charge is 0.461 e. The number of hydrogen-bond donors (Lipinski definition) is 1. The highest BCUT2D eigenvalue weighted by molar-refractivity contribution is 5.69. The summed E-state index contributed by atoms with van der Waals surface area (Å²) in [6, 6.07) is 10.3. The molecule has 0 aromatic heterocycles. The third-order valence-electron chi connectivity index (χ3n) is 6.42. The van der Waals surface area contributed by atoms with Gasteiger partial charge >= 0.3 is 5.97 Å². The molecule has 1 aliphatic heterocycles. The number of aliphatic hydroxyl groups is 1. The van der Waals surface area contributed by atoms with Crippen LogP contribution in [0, 0.1) is 0 Å². The molecule has 1 aliphatic rings. The Morgan fingerprint density at radius 3 is 2.31 bits per heavy atom. The highest BCUT2D eigenvalue weighted by Crippen LogP contribution is 2.24. The van der Waals surface area contributed by atoms with E-state index in [9.17, 15) is 4.79 Å². The summed E-state index contributed by atoms with van der Waals surface area (Å²) in [4.78, 5) is 20.0. The van der Waals surface area contributed by atoms with E-state index in [1.54, 1.807) is 6.92 Å². The lowest BCUT2D eigenvalue weighted by molar-refractivity contribution is -0.145. The van der Waals surface area contributed by atoms with E-state index in [0.29, 0.717) is 19.1 Å². The second-order valence-electron chi connectivity index (χ2n) is 8.86. The van der Waals surface area contributed by atoms with E-state index >= 15 is 0 Å². The first-order valence-corrected chi connectivity index (χ1v) is 12.3. The average molecular weight is 450 g/mol. The zero-order valence-electron chi connectivity index (χ0n) is 21.3. The number of esters is 1. The number of carbonyl (C=O) groups is 1. The molecule has 0 amide bonds. The van der Waals surface area contributed by atoms with Crippen molar-refractivity contribution < 1.29 is 14.6 Å². The van der Waals surface area contributed by atoms with Gasteiger partial charge in [0.05, 0.1) is 0 Å². The van der Waals surface area contributed by atoms with Crippen molar-refractivity contribution in [1.82, 2.24) is 14.7 Å². The van der Waals surface area contributed by atoms with Crippen LogP contribution in [0.2, 0.25) is 0 Å². The molecular formula is C26H47N3O3. The van der Waals surface area contributed by atoms with Gasteiger partial charge in [-0.25, -0.2) is 0 Å². The number of carbonyl (C=O) groups excluding carboxylic acids is 1. The highest BCUT2D eigenvalue weighted by atomic mass is 16.5. The van der Waals surface area contributed by atoms with Gasteiger partial charge in [0.25, 0.3) is 0 Å². The number of aliphatic hydroxyl groups excluding tert-OH is 1. The zero-order chi connectivity index (χ0) is 24.0. The topological polar surface area (TPSA) is 56.2 Å². The standard InChI is InChI=1S/C24H41N3O2.C2H6O/c1-6-25-16-17-26(20-24(5,19-25)27(7-2)8-3)21(4)14-15-23(28)29-18-22-12-10-9-11-13-22;1-2-3/h9-13,21H,6-8,14-20H2,1-5H3;3H,2H2,1H3. The fraction of sp³-hybridized carbons (Fsp3) is 0.731. The molecule has 0 saturated carbocycles. The molecule has 184 valence electrons. The number of nitrogens with zero attached hydrogens (tertiary/aromatic N) is 3. The highest BCUT2D eigenvalue weighted by Gasteiger charge is 2.37. The molecule has 1 heterocycles. The van der Waals surface area contributed by atoms with Crippen LogP contribution in [0.3, 0.4) is 0 Å². The SMILES string of the molecule is CCN1CCN(C(C)CCC(=O)OCc2ccccc2)CC(C)(N(CC)CC)C1.CCO. The first-order chi connectivity index (χ1) is 15.3. The summed E-state index contributed by atoms with van der Waals surface area (Å²) in [6.45, 7) is 21.3. The van der Waals surface area contributed by atoms with Crippen molar-refractivity contribution in [3.63, 3.8) is 0 Å². The molecule has 0 spiro atoms. The van der Waals surface area contributed by atoms with Gasteiger partial charge in [-0.3, -0.25) is 14.6 Å². The maximum Gasteiger partial charge on any atom is 0.306 e. The molecule has 0 radical (unpaired) electrons. The Bertz CT molecular complexity index is 624. The van der Waals surface area contributed by atoms with E-state index in [2.05, 4.69) is 49.3 Å². The van der Waals surface area contributed by atoms with Gasteiger partial charge in [0.1, 0.15) is 6.61 Å². The quantitative estimate of drug-likeness (QED) is 0.551. The summed E-state index contributed by atoms with van der Waals surface area (Å²) in [5, 5.41) is 7.57. The lowest BCUT2D eigenvalue weighted by Gasteiger charge is -2.44. The Balaban J connectivity index is 0.00000161.